The van der Waals surface area contributed by atoms with Crippen molar-refractivity contribution in [3.8, 4) is 17.2 Å². The van der Waals surface area contributed by atoms with Crippen LogP contribution in [0.5, 0.6) is 17.2 Å². The van der Waals surface area contributed by atoms with Crippen LogP contribution >= 0.6 is 0 Å². The lowest BCUT2D eigenvalue weighted by Gasteiger charge is -2.08. The molecule has 9 nitrogen and oxygen atoms in total. The molecule has 12 heteroatoms. The van der Waals surface area contributed by atoms with E-state index in [4.69, 9.17) is 14.2 Å². The molecule has 3 aromatic rings. The Labute approximate surface area is 206 Å². The highest BCUT2D eigenvalue weighted by molar-refractivity contribution is 7.85. The van der Waals surface area contributed by atoms with E-state index in [1.165, 1.54) is 45.6 Å². The number of rotatable bonds is 7. The molecule has 34 heavy (non-hydrogen) atoms. The smallest absolute Gasteiger partial charge is 0.373 e. The third kappa shape index (κ3) is 7.27. The van der Waals surface area contributed by atoms with Crippen molar-refractivity contribution >= 4 is 15.8 Å². The normalized spacial score (nSPS) is 10.6. The van der Waals surface area contributed by atoms with Gasteiger partial charge in [0, 0.05) is 24.3 Å². The van der Waals surface area contributed by atoms with Crippen molar-refractivity contribution in [2.24, 2.45) is 0 Å². The van der Waals surface area contributed by atoms with Gasteiger partial charge in [0.25, 0.3) is 7.14 Å². The van der Waals surface area contributed by atoms with Gasteiger partial charge in [-0.3, -0.25) is 10.1 Å². The van der Waals surface area contributed by atoms with Gasteiger partial charge in [0.15, 0.2) is 11.5 Å². The van der Waals surface area contributed by atoms with E-state index in [1.807, 2.05) is 6.92 Å². The summed E-state index contributed by atoms with van der Waals surface area (Å²) >= 11 is -1.10. The fourth-order valence-corrected chi connectivity index (χ4v) is 6.01. The molecule has 0 atom stereocenters. The van der Waals surface area contributed by atoms with Gasteiger partial charge in [0.2, 0.25) is 0 Å². The first-order valence-electron chi connectivity index (χ1n) is 9.41. The summed E-state index contributed by atoms with van der Waals surface area (Å²) in [4.78, 5) is 10.5. The van der Waals surface area contributed by atoms with Gasteiger partial charge in [-0.05, 0) is 25.1 Å². The highest BCUT2D eigenvalue weighted by atomic mass is 127. The Morgan fingerprint density at radius 2 is 1.47 bits per heavy atom. The van der Waals surface area contributed by atoms with E-state index in [2.05, 4.69) is 0 Å². The SMILES string of the molecule is COc1cc(OC)c([I+]c2cc(F)ccc2[N+](=O)[O-])c(OC)c1.Cc1ccc(S(=O)(=O)[O-])cc1. The number of benzene rings is 3. The lowest BCUT2D eigenvalue weighted by atomic mass is 10.2. The third-order valence-electron chi connectivity index (χ3n) is 4.27. The summed E-state index contributed by atoms with van der Waals surface area (Å²) < 4.78 is 61.5. The molecule has 0 amide bonds. The molecule has 0 unspecified atom stereocenters. The summed E-state index contributed by atoms with van der Waals surface area (Å²) in [6.07, 6.45) is 0. The molecule has 3 aromatic carbocycles. The molecule has 182 valence electrons. The number of hydrogen-bond donors (Lipinski definition) is 0. The first-order chi connectivity index (χ1) is 16.0. The van der Waals surface area contributed by atoms with Gasteiger partial charge in [0.1, 0.15) is 21.7 Å². The summed E-state index contributed by atoms with van der Waals surface area (Å²) in [5, 5.41) is 11.2. The number of ether oxygens (including phenoxy) is 3. The molecular weight excluding hydrogens is 584 g/mol. The Kier molecular flexibility index (Phi) is 9.58. The molecule has 0 saturated heterocycles. The molecule has 0 heterocycles. The Hall–Kier alpha value is -2.97. The van der Waals surface area contributed by atoms with E-state index >= 15 is 0 Å². The number of hydrogen-bond acceptors (Lipinski definition) is 8. The van der Waals surface area contributed by atoms with Crippen LogP contribution in [0.15, 0.2) is 59.5 Å². The number of nitro groups is 1. The molecule has 0 aliphatic heterocycles. The van der Waals surface area contributed by atoms with E-state index in [1.54, 1.807) is 24.3 Å². The molecule has 0 aliphatic rings. The van der Waals surface area contributed by atoms with Crippen LogP contribution in [0.2, 0.25) is 0 Å². The number of nitro benzene ring substituents is 1. The summed E-state index contributed by atoms with van der Waals surface area (Å²) in [5.74, 6) is 1.01. The average Bonchev–Trinajstić information content (AvgIpc) is 2.79. The monoisotopic (exact) mass is 605 g/mol. The predicted molar refractivity (Wildman–Crippen MR) is 116 cm³/mol. The van der Waals surface area contributed by atoms with Crippen molar-refractivity contribution in [3.63, 3.8) is 0 Å². The van der Waals surface area contributed by atoms with Gasteiger partial charge in [-0.2, -0.15) is 0 Å². The minimum Gasteiger partial charge on any atom is -0.744 e. The largest absolute Gasteiger partial charge is 0.744 e. The van der Waals surface area contributed by atoms with Crippen LogP contribution in [-0.2, 0) is 10.1 Å². The zero-order chi connectivity index (χ0) is 25.5. The van der Waals surface area contributed by atoms with Gasteiger partial charge in [0.05, 0.1) is 31.1 Å². The molecule has 0 aliphatic carbocycles. The Morgan fingerprint density at radius 3 is 1.91 bits per heavy atom. The van der Waals surface area contributed by atoms with E-state index < -0.39 is 42.1 Å². The van der Waals surface area contributed by atoms with Gasteiger partial charge in [-0.15, -0.1) is 0 Å². The van der Waals surface area contributed by atoms with Crippen molar-refractivity contribution in [3.05, 3.63) is 83.2 Å². The fourth-order valence-electron chi connectivity index (χ4n) is 2.57. The molecule has 0 aromatic heterocycles. The molecule has 3 rings (SSSR count). The van der Waals surface area contributed by atoms with Crippen molar-refractivity contribution in [1.82, 2.24) is 0 Å². The molecule has 0 spiro atoms. The van der Waals surface area contributed by atoms with Crippen molar-refractivity contribution in [1.29, 1.82) is 0 Å². The maximum Gasteiger partial charge on any atom is 0.373 e. The summed E-state index contributed by atoms with van der Waals surface area (Å²) in [7, 11) is 0.220. The second-order valence-corrected chi connectivity index (χ2v) is 10.7. The Bertz CT molecular complexity index is 1240. The van der Waals surface area contributed by atoms with Crippen molar-refractivity contribution in [2.75, 3.05) is 21.3 Å². The summed E-state index contributed by atoms with van der Waals surface area (Å²) in [5.41, 5.74) is 0.816. The second kappa shape index (κ2) is 11.9. The molecule has 0 N–H and O–H groups in total. The first kappa shape index (κ1) is 27.3. The number of aryl methyl sites for hydroxylation is 1. The van der Waals surface area contributed by atoms with Crippen LogP contribution in [0.3, 0.4) is 0 Å². The zero-order valence-electron chi connectivity index (χ0n) is 18.6. The third-order valence-corrected chi connectivity index (χ3v) is 8.16. The van der Waals surface area contributed by atoms with Crippen molar-refractivity contribution in [2.45, 2.75) is 11.8 Å². The number of nitrogens with zero attached hydrogens (tertiary/aromatic N) is 1. The second-order valence-electron chi connectivity index (χ2n) is 6.56. The van der Waals surface area contributed by atoms with Crippen LogP contribution in [0, 0.1) is 30.0 Å². The maximum atomic E-state index is 13.5. The van der Waals surface area contributed by atoms with E-state index in [-0.39, 0.29) is 10.6 Å². The van der Waals surface area contributed by atoms with E-state index in [0.29, 0.717) is 24.4 Å². The lowest BCUT2D eigenvalue weighted by molar-refractivity contribution is -0.606. The van der Waals surface area contributed by atoms with Gasteiger partial charge >= 0.3 is 26.9 Å². The average molecular weight is 605 g/mol. The van der Waals surface area contributed by atoms with Gasteiger partial charge in [-0.1, -0.05) is 17.7 Å². The molecule has 0 saturated carbocycles. The maximum absolute atomic E-state index is 13.5. The van der Waals surface area contributed by atoms with E-state index in [9.17, 15) is 27.5 Å². The Morgan fingerprint density at radius 1 is 0.912 bits per heavy atom. The van der Waals surface area contributed by atoms with Crippen LogP contribution in [0.1, 0.15) is 5.56 Å². The molecule has 0 fully saturated rings. The van der Waals surface area contributed by atoms with Crippen molar-refractivity contribution < 1.29 is 57.7 Å². The van der Waals surface area contributed by atoms with Crippen LogP contribution in [0.4, 0.5) is 10.1 Å². The van der Waals surface area contributed by atoms with Gasteiger partial charge in [-0.25, -0.2) is 12.8 Å². The number of methoxy groups -OCH3 is 3. The number of halogens is 2. The quantitative estimate of drug-likeness (QED) is 0.168. The highest BCUT2D eigenvalue weighted by Gasteiger charge is 2.34. The minimum atomic E-state index is -4.27. The summed E-state index contributed by atoms with van der Waals surface area (Å²) in [6.45, 7) is 1.82. The summed E-state index contributed by atoms with van der Waals surface area (Å²) in [6, 6.07) is 12.6. The first-order valence-corrected chi connectivity index (χ1v) is 13.0. The predicted octanol–water partition coefficient (Wildman–Crippen LogP) is 0.787. The van der Waals surface area contributed by atoms with Crippen LogP contribution in [0.25, 0.3) is 0 Å². The lowest BCUT2D eigenvalue weighted by Crippen LogP contribution is -3.61. The van der Waals surface area contributed by atoms with Crippen LogP contribution in [-0.4, -0.2) is 39.2 Å². The zero-order valence-corrected chi connectivity index (χ0v) is 21.5. The fraction of sp³-hybridized carbons (Fsp3) is 0.182. The topological polar surface area (TPSA) is 128 Å². The molecule has 0 bridgehead atoms. The molecule has 0 radical (unpaired) electrons. The van der Waals surface area contributed by atoms with E-state index in [0.717, 1.165) is 11.6 Å². The molecular formula is C22H21FINO8S. The minimum absolute atomic E-state index is 0.112. The Balaban J connectivity index is 0.000000310. The standard InChI is InChI=1S/C15H14FINO5.C7H8O3S/c1-21-10-7-13(22-2)15(14(8-10)23-3)17-11-6-9(16)4-5-12(11)18(19)20;1-6-2-4-7(5-3-6)11(8,9)10/h4-8H,1-3H3;2-5H,1H3,(H,8,9,10)/q+1;/p-1. The highest BCUT2D eigenvalue weighted by Crippen LogP contribution is 2.27. The van der Waals surface area contributed by atoms with Crippen LogP contribution < -0.4 is 35.4 Å². The van der Waals surface area contributed by atoms with Gasteiger partial charge < -0.3 is 18.8 Å².